The molecule has 2 heterocycles. The van der Waals surface area contributed by atoms with E-state index in [0.29, 0.717) is 22.5 Å². The highest BCUT2D eigenvalue weighted by atomic mass is 35.5. The molecule has 0 radical (unpaired) electrons. The van der Waals surface area contributed by atoms with Crippen molar-refractivity contribution in [2.24, 2.45) is 5.10 Å². The number of nitrogens with zero attached hydrogens (tertiary/aromatic N) is 3. The Kier molecular flexibility index (Phi) is 5.90. The maximum Gasteiger partial charge on any atom is 0.417 e. The van der Waals surface area contributed by atoms with Crippen molar-refractivity contribution in [3.05, 3.63) is 70.9 Å². The molecule has 0 fully saturated rings. The lowest BCUT2D eigenvalue weighted by molar-refractivity contribution is -0.137. The van der Waals surface area contributed by atoms with Crippen LogP contribution in [0.1, 0.15) is 18.1 Å². The van der Waals surface area contributed by atoms with Crippen molar-refractivity contribution >= 4 is 29.0 Å². The minimum absolute atomic E-state index is 0.0454. The Morgan fingerprint density at radius 3 is 2.69 bits per heavy atom. The van der Waals surface area contributed by atoms with Gasteiger partial charge in [-0.25, -0.2) is 4.98 Å². The van der Waals surface area contributed by atoms with Crippen LogP contribution in [0, 0.1) is 0 Å². The monoisotopic (exact) mass is 424 g/mol. The van der Waals surface area contributed by atoms with Crippen LogP contribution in [0.3, 0.4) is 0 Å². The lowest BCUT2D eigenvalue weighted by atomic mass is 10.1. The van der Waals surface area contributed by atoms with Crippen molar-refractivity contribution in [3.8, 4) is 0 Å². The van der Waals surface area contributed by atoms with E-state index in [0.717, 1.165) is 12.1 Å². The third-order valence-electron chi connectivity index (χ3n) is 4.16. The highest BCUT2D eigenvalue weighted by molar-refractivity contribution is 6.31. The van der Waals surface area contributed by atoms with Crippen LogP contribution in [0.4, 0.5) is 19.0 Å². The molecule has 2 unspecified atom stereocenters. The molecule has 0 spiro atoms. The Morgan fingerprint density at radius 1 is 1.31 bits per heavy atom. The number of nitrogens with one attached hydrogen (secondary N) is 1. The molecule has 1 amide bonds. The van der Waals surface area contributed by atoms with Gasteiger partial charge in [-0.15, -0.1) is 0 Å². The number of hydrogen-bond donors (Lipinski definition) is 2. The summed E-state index contributed by atoms with van der Waals surface area (Å²) in [7, 11) is 0. The van der Waals surface area contributed by atoms with Crippen molar-refractivity contribution in [1.82, 2.24) is 9.99 Å². The topological polar surface area (TPSA) is 77.8 Å². The van der Waals surface area contributed by atoms with E-state index >= 15 is 0 Å². The number of halogens is 4. The summed E-state index contributed by atoms with van der Waals surface area (Å²) in [4.78, 5) is 16.1. The summed E-state index contributed by atoms with van der Waals surface area (Å²) < 4.78 is 37.8. The predicted molar refractivity (Wildman–Crippen MR) is 102 cm³/mol. The number of aliphatic hydroxyl groups excluding tert-OH is 1. The second-order valence-electron chi connectivity index (χ2n) is 6.24. The number of anilines is 1. The first kappa shape index (κ1) is 20.8. The Labute approximate surface area is 169 Å². The first-order valence-corrected chi connectivity index (χ1v) is 8.86. The molecule has 152 valence electrons. The summed E-state index contributed by atoms with van der Waals surface area (Å²) in [5, 5.41) is 18.6. The summed E-state index contributed by atoms with van der Waals surface area (Å²) in [5.74, 6) is -0.642. The number of rotatable bonds is 4. The largest absolute Gasteiger partial charge is 0.417 e. The highest BCUT2D eigenvalue weighted by Crippen LogP contribution is 2.29. The van der Waals surface area contributed by atoms with Crippen molar-refractivity contribution in [3.63, 3.8) is 0 Å². The number of hydrazone groups is 1. The molecule has 1 aromatic heterocycles. The van der Waals surface area contributed by atoms with Crippen LogP contribution in [0.2, 0.25) is 5.02 Å². The van der Waals surface area contributed by atoms with Crippen LogP contribution < -0.4 is 5.32 Å². The van der Waals surface area contributed by atoms with E-state index < -0.39 is 29.9 Å². The van der Waals surface area contributed by atoms with Gasteiger partial charge >= 0.3 is 6.18 Å². The minimum Gasteiger partial charge on any atom is -0.369 e. The molecule has 0 bridgehead atoms. The third-order valence-corrected chi connectivity index (χ3v) is 4.39. The molecule has 2 atom stereocenters. The maximum atomic E-state index is 12.6. The van der Waals surface area contributed by atoms with E-state index in [4.69, 9.17) is 11.6 Å². The van der Waals surface area contributed by atoms with Gasteiger partial charge in [-0.05, 0) is 43.3 Å². The van der Waals surface area contributed by atoms with Gasteiger partial charge in [-0.3, -0.25) is 9.80 Å². The Morgan fingerprint density at radius 2 is 2.07 bits per heavy atom. The summed E-state index contributed by atoms with van der Waals surface area (Å²) in [6.45, 7) is 1.50. The lowest BCUT2D eigenvalue weighted by Gasteiger charge is -2.31. The molecular formula is C19H16ClF3N4O2. The van der Waals surface area contributed by atoms with Crippen LogP contribution in [0.25, 0.3) is 0 Å². The Balaban J connectivity index is 1.75. The van der Waals surface area contributed by atoms with Crippen molar-refractivity contribution in [2.45, 2.75) is 25.4 Å². The third kappa shape index (κ3) is 4.93. The van der Waals surface area contributed by atoms with Gasteiger partial charge in [0.05, 0.1) is 11.3 Å². The average molecular weight is 425 g/mol. The number of amides is 1. The number of carbonyl (C=O) groups excluding carboxylic acids is 1. The molecule has 1 aliphatic rings. The number of alkyl halides is 3. The molecular weight excluding hydrogens is 409 g/mol. The number of aliphatic hydroxyl groups is 1. The van der Waals surface area contributed by atoms with Crippen molar-refractivity contribution < 1.29 is 23.1 Å². The quantitative estimate of drug-likeness (QED) is 0.785. The molecule has 1 aliphatic heterocycles. The van der Waals surface area contributed by atoms with Gasteiger partial charge in [-0.1, -0.05) is 23.7 Å². The van der Waals surface area contributed by atoms with Gasteiger partial charge in [0.2, 0.25) is 5.91 Å². The van der Waals surface area contributed by atoms with Gasteiger partial charge < -0.3 is 10.4 Å². The zero-order valence-electron chi connectivity index (χ0n) is 15.1. The SMILES string of the molecule is CC(C(=O)Nc1ccc(C(F)(F)F)cn1)N1N=C(c2cccc(Cl)c2)C=CC1O. The van der Waals surface area contributed by atoms with Crippen LogP contribution in [0.5, 0.6) is 0 Å². The minimum atomic E-state index is -4.52. The number of hydrogen-bond acceptors (Lipinski definition) is 5. The lowest BCUT2D eigenvalue weighted by Crippen LogP contribution is -2.45. The van der Waals surface area contributed by atoms with E-state index in [9.17, 15) is 23.1 Å². The van der Waals surface area contributed by atoms with Gasteiger partial charge in [0.25, 0.3) is 0 Å². The summed E-state index contributed by atoms with van der Waals surface area (Å²) in [6.07, 6.45) is -1.97. The van der Waals surface area contributed by atoms with E-state index in [1.165, 1.54) is 18.0 Å². The first-order valence-electron chi connectivity index (χ1n) is 8.48. The number of pyridine rings is 1. The van der Waals surface area contributed by atoms with Crippen molar-refractivity contribution in [1.29, 1.82) is 0 Å². The highest BCUT2D eigenvalue weighted by Gasteiger charge is 2.31. The number of benzene rings is 1. The summed E-state index contributed by atoms with van der Waals surface area (Å²) in [6, 6.07) is 7.86. The first-order chi connectivity index (χ1) is 13.6. The molecule has 6 nitrogen and oxygen atoms in total. The molecule has 3 rings (SSSR count). The van der Waals surface area contributed by atoms with E-state index in [1.807, 2.05) is 0 Å². The second-order valence-corrected chi connectivity index (χ2v) is 6.68. The summed E-state index contributed by atoms with van der Waals surface area (Å²) >= 11 is 5.99. The fourth-order valence-electron chi connectivity index (χ4n) is 2.59. The molecule has 0 saturated heterocycles. The maximum absolute atomic E-state index is 12.6. The fourth-order valence-corrected chi connectivity index (χ4v) is 2.78. The summed E-state index contributed by atoms with van der Waals surface area (Å²) in [5.41, 5.74) is 0.267. The molecule has 2 N–H and O–H groups in total. The molecule has 0 saturated carbocycles. The van der Waals surface area contributed by atoms with Gasteiger partial charge in [0.1, 0.15) is 11.9 Å². The molecule has 1 aromatic carbocycles. The predicted octanol–water partition coefficient (Wildman–Crippen LogP) is 3.68. The van der Waals surface area contributed by atoms with E-state index in [2.05, 4.69) is 15.4 Å². The normalized spacial score (nSPS) is 17.7. The van der Waals surface area contributed by atoms with E-state index in [-0.39, 0.29) is 5.82 Å². The van der Waals surface area contributed by atoms with Gasteiger partial charge in [-0.2, -0.15) is 18.3 Å². The fraction of sp³-hybridized carbons (Fsp3) is 0.211. The van der Waals surface area contributed by atoms with Gasteiger partial charge in [0.15, 0.2) is 6.23 Å². The van der Waals surface area contributed by atoms with Crippen LogP contribution >= 0.6 is 11.6 Å². The van der Waals surface area contributed by atoms with E-state index in [1.54, 1.807) is 30.3 Å². The average Bonchev–Trinajstić information content (AvgIpc) is 2.67. The van der Waals surface area contributed by atoms with Crippen LogP contribution in [-0.4, -0.2) is 39.0 Å². The standard InChI is InChI=1S/C19H16ClF3N4O2/c1-11(18(29)25-16-7-5-13(10-24-16)19(21,22)23)27-17(28)8-6-15(26-27)12-3-2-4-14(20)9-12/h2-11,17,28H,1H3,(H,24,25,29). The smallest absolute Gasteiger partial charge is 0.369 e. The number of allylic oxidation sites excluding steroid dienone is 1. The van der Waals surface area contributed by atoms with Crippen LogP contribution in [-0.2, 0) is 11.0 Å². The van der Waals surface area contributed by atoms with Crippen molar-refractivity contribution in [2.75, 3.05) is 5.32 Å². The second kappa shape index (κ2) is 8.22. The Hall–Kier alpha value is -2.91. The zero-order valence-corrected chi connectivity index (χ0v) is 15.8. The molecule has 29 heavy (non-hydrogen) atoms. The number of carbonyl (C=O) groups is 1. The molecule has 10 heteroatoms. The Bertz CT molecular complexity index is 961. The van der Waals surface area contributed by atoms with Crippen LogP contribution in [0.15, 0.2) is 59.8 Å². The molecule has 0 aliphatic carbocycles. The zero-order chi connectivity index (χ0) is 21.2. The molecule has 2 aromatic rings. The number of aromatic nitrogens is 1. The van der Waals surface area contributed by atoms with Gasteiger partial charge in [0, 0.05) is 16.8 Å².